The lowest BCUT2D eigenvalue weighted by atomic mass is 10.3. The molecule has 0 heterocycles. The van der Waals surface area contributed by atoms with Crippen LogP contribution < -0.4 is 4.74 Å². The standard InChI is InChI=1S/C10H12O3S/c1-12-10(11)6-7-13-8-2-4-9(14)5-3-8/h2-5,14H,6-7H2,1H3. The first-order chi connectivity index (χ1) is 6.72. The largest absolute Gasteiger partial charge is 0.493 e. The molecule has 0 N–H and O–H groups in total. The Morgan fingerprint density at radius 2 is 2.00 bits per heavy atom. The number of esters is 1. The van der Waals surface area contributed by atoms with Crippen LogP contribution in [0.5, 0.6) is 5.75 Å². The third-order valence-electron chi connectivity index (χ3n) is 1.64. The molecule has 0 aliphatic carbocycles. The maximum absolute atomic E-state index is 10.7. The molecule has 0 fully saturated rings. The van der Waals surface area contributed by atoms with Crippen molar-refractivity contribution >= 4 is 18.6 Å². The van der Waals surface area contributed by atoms with Crippen LogP contribution in [0.1, 0.15) is 6.42 Å². The maximum Gasteiger partial charge on any atom is 0.308 e. The van der Waals surface area contributed by atoms with Crippen molar-refractivity contribution in [2.75, 3.05) is 13.7 Å². The summed E-state index contributed by atoms with van der Waals surface area (Å²) in [6.07, 6.45) is 0.263. The molecule has 0 atom stereocenters. The molecule has 76 valence electrons. The van der Waals surface area contributed by atoms with Crippen LogP contribution in [-0.2, 0) is 9.53 Å². The molecular formula is C10H12O3S. The van der Waals surface area contributed by atoms with Gasteiger partial charge in [0.15, 0.2) is 0 Å². The van der Waals surface area contributed by atoms with Crippen molar-refractivity contribution in [1.82, 2.24) is 0 Å². The second kappa shape index (κ2) is 5.54. The molecule has 0 bridgehead atoms. The van der Waals surface area contributed by atoms with E-state index in [1.807, 2.05) is 12.1 Å². The van der Waals surface area contributed by atoms with Gasteiger partial charge in [0.25, 0.3) is 0 Å². The zero-order chi connectivity index (χ0) is 10.4. The highest BCUT2D eigenvalue weighted by molar-refractivity contribution is 7.80. The maximum atomic E-state index is 10.7. The van der Waals surface area contributed by atoms with E-state index in [0.717, 1.165) is 10.6 Å². The number of methoxy groups -OCH3 is 1. The van der Waals surface area contributed by atoms with Crippen LogP contribution >= 0.6 is 12.6 Å². The SMILES string of the molecule is COC(=O)CCOc1ccc(S)cc1. The van der Waals surface area contributed by atoms with Crippen molar-refractivity contribution in [1.29, 1.82) is 0 Å². The van der Waals surface area contributed by atoms with E-state index in [9.17, 15) is 4.79 Å². The fraction of sp³-hybridized carbons (Fsp3) is 0.300. The number of benzene rings is 1. The molecule has 0 aliphatic heterocycles. The third-order valence-corrected chi connectivity index (χ3v) is 1.94. The zero-order valence-corrected chi connectivity index (χ0v) is 8.79. The quantitative estimate of drug-likeness (QED) is 0.611. The summed E-state index contributed by atoms with van der Waals surface area (Å²) in [5.41, 5.74) is 0. The van der Waals surface area contributed by atoms with Crippen molar-refractivity contribution in [3.63, 3.8) is 0 Å². The summed E-state index contributed by atoms with van der Waals surface area (Å²) in [6.45, 7) is 0.332. The average Bonchev–Trinajstić information content (AvgIpc) is 2.21. The summed E-state index contributed by atoms with van der Waals surface area (Å²) in [7, 11) is 1.36. The molecule has 0 saturated carbocycles. The number of hydrogen-bond acceptors (Lipinski definition) is 4. The Labute approximate surface area is 88.4 Å². The minimum Gasteiger partial charge on any atom is -0.493 e. The minimum absolute atomic E-state index is 0.263. The average molecular weight is 212 g/mol. The van der Waals surface area contributed by atoms with Gasteiger partial charge in [-0.2, -0.15) is 0 Å². The summed E-state index contributed by atoms with van der Waals surface area (Å²) < 4.78 is 9.77. The van der Waals surface area contributed by atoms with Gasteiger partial charge in [0.2, 0.25) is 0 Å². The Kier molecular flexibility index (Phi) is 4.32. The third kappa shape index (κ3) is 3.70. The first kappa shape index (κ1) is 10.9. The molecular weight excluding hydrogens is 200 g/mol. The first-order valence-electron chi connectivity index (χ1n) is 4.21. The molecule has 0 spiro atoms. The Bertz CT molecular complexity index is 295. The fourth-order valence-electron chi connectivity index (χ4n) is 0.897. The normalized spacial score (nSPS) is 9.57. The van der Waals surface area contributed by atoms with Crippen LogP contribution in [0.4, 0.5) is 0 Å². The van der Waals surface area contributed by atoms with E-state index in [4.69, 9.17) is 4.74 Å². The summed E-state index contributed by atoms with van der Waals surface area (Å²) in [4.78, 5) is 11.6. The molecule has 4 heteroatoms. The van der Waals surface area contributed by atoms with Crippen LogP contribution in [0.2, 0.25) is 0 Å². The van der Waals surface area contributed by atoms with Crippen LogP contribution in [-0.4, -0.2) is 19.7 Å². The Morgan fingerprint density at radius 1 is 1.36 bits per heavy atom. The number of carbonyl (C=O) groups is 1. The van der Waals surface area contributed by atoms with Gasteiger partial charge in [0.1, 0.15) is 5.75 Å². The van der Waals surface area contributed by atoms with Crippen LogP contribution in [0, 0.1) is 0 Å². The van der Waals surface area contributed by atoms with Gasteiger partial charge in [0, 0.05) is 4.90 Å². The number of rotatable bonds is 4. The second-order valence-electron chi connectivity index (χ2n) is 2.67. The first-order valence-corrected chi connectivity index (χ1v) is 4.66. The highest BCUT2D eigenvalue weighted by atomic mass is 32.1. The topological polar surface area (TPSA) is 35.5 Å². The molecule has 0 aliphatic rings. The van der Waals surface area contributed by atoms with Crippen LogP contribution in [0.3, 0.4) is 0 Å². The van der Waals surface area contributed by atoms with Crippen molar-refractivity contribution in [3.05, 3.63) is 24.3 Å². The lowest BCUT2D eigenvalue weighted by Gasteiger charge is -2.04. The Morgan fingerprint density at radius 3 is 2.57 bits per heavy atom. The molecule has 0 unspecified atom stereocenters. The van der Waals surface area contributed by atoms with E-state index in [2.05, 4.69) is 17.4 Å². The molecule has 1 aromatic rings. The van der Waals surface area contributed by atoms with Gasteiger partial charge in [-0.1, -0.05) is 0 Å². The van der Waals surface area contributed by atoms with E-state index in [1.54, 1.807) is 12.1 Å². The molecule has 14 heavy (non-hydrogen) atoms. The van der Waals surface area contributed by atoms with E-state index in [0.29, 0.717) is 6.61 Å². The monoisotopic (exact) mass is 212 g/mol. The van der Waals surface area contributed by atoms with E-state index in [1.165, 1.54) is 7.11 Å². The van der Waals surface area contributed by atoms with Gasteiger partial charge in [-0.25, -0.2) is 0 Å². The van der Waals surface area contributed by atoms with Crippen molar-refractivity contribution < 1.29 is 14.3 Å². The summed E-state index contributed by atoms with van der Waals surface area (Å²) >= 11 is 4.14. The number of ether oxygens (including phenoxy) is 2. The fourth-order valence-corrected chi connectivity index (χ4v) is 1.05. The number of thiol groups is 1. The van der Waals surface area contributed by atoms with Gasteiger partial charge < -0.3 is 9.47 Å². The van der Waals surface area contributed by atoms with Crippen LogP contribution in [0.25, 0.3) is 0 Å². The summed E-state index contributed by atoms with van der Waals surface area (Å²) in [6, 6.07) is 7.27. The lowest BCUT2D eigenvalue weighted by Crippen LogP contribution is -2.07. The zero-order valence-electron chi connectivity index (χ0n) is 7.90. The molecule has 0 saturated heterocycles. The van der Waals surface area contributed by atoms with Crippen molar-refractivity contribution in [2.24, 2.45) is 0 Å². The van der Waals surface area contributed by atoms with E-state index < -0.39 is 0 Å². The highest BCUT2D eigenvalue weighted by Crippen LogP contribution is 2.14. The number of hydrogen-bond donors (Lipinski definition) is 1. The summed E-state index contributed by atoms with van der Waals surface area (Å²) in [5.74, 6) is 0.461. The van der Waals surface area contributed by atoms with Crippen molar-refractivity contribution in [3.8, 4) is 5.75 Å². The van der Waals surface area contributed by atoms with Gasteiger partial charge in [-0.3, -0.25) is 4.79 Å². The minimum atomic E-state index is -0.268. The predicted molar refractivity (Wildman–Crippen MR) is 55.8 cm³/mol. The predicted octanol–water partition coefficient (Wildman–Crippen LogP) is 1.92. The van der Waals surface area contributed by atoms with Crippen LogP contribution in [0.15, 0.2) is 29.2 Å². The lowest BCUT2D eigenvalue weighted by molar-refractivity contribution is -0.141. The van der Waals surface area contributed by atoms with Gasteiger partial charge >= 0.3 is 5.97 Å². The molecule has 1 rings (SSSR count). The summed E-state index contributed by atoms with van der Waals surface area (Å²) in [5, 5.41) is 0. The Balaban J connectivity index is 2.31. The smallest absolute Gasteiger partial charge is 0.308 e. The second-order valence-corrected chi connectivity index (χ2v) is 3.18. The molecule has 0 radical (unpaired) electrons. The number of carbonyl (C=O) groups excluding carboxylic acids is 1. The van der Waals surface area contributed by atoms with Crippen molar-refractivity contribution in [2.45, 2.75) is 11.3 Å². The molecule has 3 nitrogen and oxygen atoms in total. The van der Waals surface area contributed by atoms with Gasteiger partial charge in [0.05, 0.1) is 20.1 Å². The molecule has 1 aromatic carbocycles. The Hall–Kier alpha value is -1.16. The highest BCUT2D eigenvalue weighted by Gasteiger charge is 2.00. The van der Waals surface area contributed by atoms with Gasteiger partial charge in [-0.15, -0.1) is 12.6 Å². The molecule has 0 amide bonds. The van der Waals surface area contributed by atoms with E-state index in [-0.39, 0.29) is 12.4 Å². The molecule has 0 aromatic heterocycles. The van der Waals surface area contributed by atoms with Gasteiger partial charge in [-0.05, 0) is 24.3 Å². The van der Waals surface area contributed by atoms with E-state index >= 15 is 0 Å².